The van der Waals surface area contributed by atoms with Crippen molar-refractivity contribution in [3.05, 3.63) is 0 Å². The van der Waals surface area contributed by atoms with Crippen LogP contribution in [0.4, 0.5) is 9.59 Å². The van der Waals surface area contributed by atoms with Crippen LogP contribution in [0, 0.1) is 0 Å². The molecule has 1 amide bonds. The minimum atomic E-state index is -2.08. The van der Waals surface area contributed by atoms with Crippen molar-refractivity contribution in [1.29, 1.82) is 0 Å². The minimum Gasteiger partial charge on any atom is -0.565 e. The van der Waals surface area contributed by atoms with Gasteiger partial charge >= 0.3 is 6.15 Å². The van der Waals surface area contributed by atoms with E-state index < -0.39 is 12.2 Å². The topological polar surface area (TPSA) is 263 Å². The highest BCUT2D eigenvalue weighted by Crippen LogP contribution is 1.96. The van der Waals surface area contributed by atoms with Crippen LogP contribution in [0.2, 0.25) is 0 Å². The van der Waals surface area contributed by atoms with Gasteiger partial charge in [-0.3, -0.25) is 0 Å². The summed E-state index contributed by atoms with van der Waals surface area (Å²) in [6.45, 7) is 22.5. The van der Waals surface area contributed by atoms with E-state index in [4.69, 9.17) is 24.6 Å². The van der Waals surface area contributed by atoms with Crippen LogP contribution in [0.25, 0.3) is 0 Å². The first-order valence-electron chi connectivity index (χ1n) is 15.2. The van der Waals surface area contributed by atoms with E-state index in [1.807, 2.05) is 7.05 Å². The molecule has 3 saturated heterocycles. The van der Waals surface area contributed by atoms with Crippen molar-refractivity contribution < 1.29 is 50.6 Å². The molecule has 0 aromatic rings. The Hall–Kier alpha value is -2.40. The third kappa shape index (κ3) is 77.5. The summed E-state index contributed by atoms with van der Waals surface area (Å²) in [4.78, 5) is 36.1. The van der Waals surface area contributed by atoms with E-state index in [1.165, 1.54) is 37.3 Å². The summed E-state index contributed by atoms with van der Waals surface area (Å²) in [5.41, 5.74) is 0. The number of carboxylic acid groups (broad SMARTS) is 3. The van der Waals surface area contributed by atoms with Gasteiger partial charge in [0.05, 0.1) is 26.2 Å². The predicted molar refractivity (Wildman–Crippen MR) is 169 cm³/mol. The van der Waals surface area contributed by atoms with Gasteiger partial charge in [-0.25, -0.2) is 0 Å². The first-order valence-corrected chi connectivity index (χ1v) is 15.2. The number of carbonyl (C=O) groups excluding carboxylic acids is 3. The van der Waals surface area contributed by atoms with Gasteiger partial charge in [0.1, 0.15) is 6.09 Å². The normalized spacial score (nSPS) is 14.6. The van der Waals surface area contributed by atoms with Gasteiger partial charge in [-0.1, -0.05) is 20.3 Å². The van der Waals surface area contributed by atoms with Crippen molar-refractivity contribution in [2.24, 2.45) is 0 Å². The fourth-order valence-electron chi connectivity index (χ4n) is 2.25. The molecule has 268 valence electrons. The van der Waals surface area contributed by atoms with E-state index in [2.05, 4.69) is 92.9 Å². The fourth-order valence-corrected chi connectivity index (χ4v) is 2.25. The van der Waals surface area contributed by atoms with Crippen LogP contribution in [-0.2, 0) is 9.59 Å². The van der Waals surface area contributed by atoms with Crippen LogP contribution < -0.4 is 47.4 Å². The zero-order valence-electron chi connectivity index (χ0n) is 28.9. The van der Waals surface area contributed by atoms with Gasteiger partial charge in [0.15, 0.2) is 0 Å². The van der Waals surface area contributed by atoms with Crippen LogP contribution >= 0.6 is 0 Å². The van der Waals surface area contributed by atoms with Crippen molar-refractivity contribution in [3.8, 4) is 0 Å². The number of hydrogen-bond acceptors (Lipinski definition) is 11. The predicted octanol–water partition coefficient (Wildman–Crippen LogP) is -4.56. The highest BCUT2D eigenvalue weighted by Gasteiger charge is 2.07. The molecule has 44 heavy (non-hydrogen) atoms. The first kappa shape index (κ1) is 54.1. The number of hydrogen-bond donors (Lipinski definition) is 8. The van der Waals surface area contributed by atoms with E-state index >= 15 is 0 Å². The average Bonchev–Trinajstić information content (AvgIpc) is 3.01. The lowest BCUT2D eigenvalue weighted by Crippen LogP contribution is -2.84. The Morgan fingerprint density at radius 3 is 1.09 bits per heavy atom. The number of piperazine rings is 2. The number of piperidine rings is 1. The molecule has 0 atom stereocenters. The molecule has 3 fully saturated rings. The van der Waals surface area contributed by atoms with Crippen LogP contribution in [-0.4, -0.2) is 139 Å². The second-order valence-corrected chi connectivity index (χ2v) is 10.3. The SMILES string of the molecule is C1CCNCC1.C1CNCCN1.CNC(C)C.C[NH2+]C(C)C.C[NH2+]C(C)C.O.O=C([O-])N1CCNCC1.O=C([O-])O.O=C=O. The van der Waals surface area contributed by atoms with Crippen molar-refractivity contribution in [2.75, 3.05) is 86.6 Å². The number of rotatable bonds is 3. The maximum Gasteiger partial charge on any atom is 0.373 e. The molecule has 3 aliphatic rings. The number of amides is 1. The number of nitrogens with one attached hydrogen (secondary N) is 5. The maximum atomic E-state index is 10.1. The van der Waals surface area contributed by atoms with Crippen molar-refractivity contribution in [1.82, 2.24) is 31.5 Å². The number of nitrogens with two attached hydrogens (primary N) is 2. The van der Waals surface area contributed by atoms with Crippen LogP contribution in [0.3, 0.4) is 0 Å². The second kappa shape index (κ2) is 47.5. The Kier molecular flexibility index (Phi) is 58.4. The van der Waals surface area contributed by atoms with Crippen molar-refractivity contribution in [2.45, 2.75) is 78.9 Å². The van der Waals surface area contributed by atoms with Gasteiger partial charge in [0.2, 0.25) is 6.16 Å². The summed E-state index contributed by atoms with van der Waals surface area (Å²) in [6, 6.07) is 2.15. The largest absolute Gasteiger partial charge is 0.565 e. The van der Waals surface area contributed by atoms with Gasteiger partial charge in [0.25, 0.3) is 0 Å². The lowest BCUT2D eigenvalue weighted by molar-refractivity contribution is -0.656. The second-order valence-electron chi connectivity index (χ2n) is 10.3. The highest BCUT2D eigenvalue weighted by atomic mass is 16.6. The molecule has 0 aromatic heterocycles. The highest BCUT2D eigenvalue weighted by molar-refractivity contribution is 5.62. The third-order valence-electron chi connectivity index (χ3n) is 5.45. The van der Waals surface area contributed by atoms with Gasteiger partial charge in [-0.05, 0) is 60.7 Å². The van der Waals surface area contributed by atoms with Crippen molar-refractivity contribution in [3.63, 3.8) is 0 Å². The number of quaternary nitrogens is 2. The van der Waals surface area contributed by atoms with Crippen LogP contribution in [0.15, 0.2) is 0 Å². The molecule has 0 bridgehead atoms. The summed E-state index contributed by atoms with van der Waals surface area (Å²) in [7, 11) is 6.10. The molecular formula is C28H68N8O8. The molecule has 0 radical (unpaired) electrons. The molecule has 0 spiro atoms. The quantitative estimate of drug-likeness (QED) is 0.144. The fraction of sp³-hybridized carbons (Fsp3) is 0.893. The lowest BCUT2D eigenvalue weighted by atomic mass is 10.2. The summed E-state index contributed by atoms with van der Waals surface area (Å²) < 4.78 is 0. The molecule has 3 rings (SSSR count). The molecule has 0 aliphatic carbocycles. The third-order valence-corrected chi connectivity index (χ3v) is 5.45. The summed E-state index contributed by atoms with van der Waals surface area (Å²) >= 11 is 0. The molecule has 12 N–H and O–H groups in total. The summed E-state index contributed by atoms with van der Waals surface area (Å²) in [6.07, 6.45) is 1.32. The van der Waals surface area contributed by atoms with E-state index in [9.17, 15) is 9.90 Å². The van der Waals surface area contributed by atoms with E-state index in [-0.39, 0.29) is 11.6 Å². The van der Waals surface area contributed by atoms with Gasteiger partial charge in [-0.15, -0.1) is 0 Å². The molecule has 0 saturated carbocycles. The first-order chi connectivity index (χ1) is 20.3. The zero-order chi connectivity index (χ0) is 34.3. The van der Waals surface area contributed by atoms with E-state index in [0.717, 1.165) is 51.4 Å². The molecule has 3 aliphatic heterocycles. The van der Waals surface area contributed by atoms with Gasteiger partial charge in [-0.2, -0.15) is 9.59 Å². The Morgan fingerprint density at radius 2 is 0.977 bits per heavy atom. The monoisotopic (exact) mass is 645 g/mol. The summed E-state index contributed by atoms with van der Waals surface area (Å²) in [5.74, 6) is 0. The molecule has 16 heteroatoms. The van der Waals surface area contributed by atoms with Crippen molar-refractivity contribution >= 4 is 18.4 Å². The summed E-state index contributed by atoms with van der Waals surface area (Å²) in [5, 5.41) is 45.6. The molecule has 3 heterocycles. The van der Waals surface area contributed by atoms with Gasteiger partial charge in [0, 0.05) is 58.4 Å². The minimum absolute atomic E-state index is 0. The van der Waals surface area contributed by atoms with Crippen LogP contribution in [0.1, 0.15) is 60.8 Å². The number of nitrogens with zero attached hydrogens (tertiary/aromatic N) is 1. The van der Waals surface area contributed by atoms with Gasteiger partial charge < -0.3 is 72.5 Å². The molecular weight excluding hydrogens is 576 g/mol. The van der Waals surface area contributed by atoms with E-state index in [1.54, 1.807) is 0 Å². The zero-order valence-corrected chi connectivity index (χ0v) is 28.9. The van der Waals surface area contributed by atoms with Crippen LogP contribution in [0.5, 0.6) is 0 Å². The number of carbonyl (C=O) groups is 2. The standard InChI is InChI=1S/C5H10N2O2.C5H11N.C4H10N2.3C4H11N.CH2O3.CO2.H2O/c8-5(9)7-3-1-6-2-4-7;1-2-4-6-5-3-1;1-2-6-4-3-5-1;3*1-4(2)5-3;2-1(3)4;2-1-3;/h6H,1-4H2,(H,8,9);6H,1-5H2;5-6H,1-4H2;3*4-5H,1-3H3;(H2,2,3,4);;1H2. The maximum absolute atomic E-state index is 10.1. The Labute approximate surface area is 266 Å². The Balaban J connectivity index is -0.0000000954. The molecule has 16 nitrogen and oxygen atoms in total. The molecule has 0 aromatic carbocycles. The Morgan fingerprint density at radius 1 is 0.727 bits per heavy atom. The van der Waals surface area contributed by atoms with E-state index in [0.29, 0.717) is 19.1 Å². The molecule has 0 unspecified atom stereocenters. The smallest absolute Gasteiger partial charge is 0.373 e. The Bertz CT molecular complexity index is 526. The average molecular weight is 645 g/mol. The lowest BCUT2D eigenvalue weighted by Gasteiger charge is -2.29.